The van der Waals surface area contributed by atoms with Crippen LogP contribution in [0.25, 0.3) is 56.4 Å². The van der Waals surface area contributed by atoms with Crippen molar-refractivity contribution in [2.75, 3.05) is 0 Å². The third kappa shape index (κ3) is 4.50. The number of pyridine rings is 1. The molecule has 0 fully saturated rings. The average Bonchev–Trinajstić information content (AvgIpc) is 3.46. The summed E-state index contributed by atoms with van der Waals surface area (Å²) in [6, 6.07) is 50.7. The van der Waals surface area contributed by atoms with E-state index in [9.17, 15) is 0 Å². The predicted molar refractivity (Wildman–Crippen MR) is 216 cm³/mol. The first-order valence-corrected chi connectivity index (χ1v) is 18.8. The molecule has 0 amide bonds. The van der Waals surface area contributed by atoms with E-state index in [2.05, 4.69) is 147 Å². The highest BCUT2D eigenvalue weighted by atomic mass is 15.0. The van der Waals surface area contributed by atoms with E-state index in [1.165, 1.54) is 61.2 Å². The molecule has 0 saturated carbocycles. The van der Waals surface area contributed by atoms with Gasteiger partial charge in [-0.15, -0.1) is 0 Å². The molecule has 54 heavy (non-hydrogen) atoms. The van der Waals surface area contributed by atoms with E-state index in [-0.39, 0.29) is 17.3 Å². The minimum absolute atomic E-state index is 0.118. The quantitative estimate of drug-likeness (QED) is 0.184. The fourth-order valence-electron chi connectivity index (χ4n) is 9.62. The van der Waals surface area contributed by atoms with Crippen LogP contribution in [-0.4, -0.2) is 19.9 Å². The van der Waals surface area contributed by atoms with Crippen molar-refractivity contribution in [1.82, 2.24) is 19.9 Å². The summed E-state index contributed by atoms with van der Waals surface area (Å²) in [4.78, 5) is 20.2. The summed E-state index contributed by atoms with van der Waals surface area (Å²) in [5.74, 6) is 2.32. The van der Waals surface area contributed by atoms with Crippen LogP contribution in [0.2, 0.25) is 0 Å². The third-order valence-corrected chi connectivity index (χ3v) is 12.0. The van der Waals surface area contributed by atoms with Crippen LogP contribution in [0.5, 0.6) is 0 Å². The number of nitrogens with zero attached hydrogens (tertiary/aromatic N) is 4. The van der Waals surface area contributed by atoms with Gasteiger partial charge < -0.3 is 0 Å². The van der Waals surface area contributed by atoms with Crippen LogP contribution >= 0.6 is 0 Å². The number of hydrogen-bond acceptors (Lipinski definition) is 4. The number of aromatic nitrogens is 4. The first kappa shape index (κ1) is 31.0. The van der Waals surface area contributed by atoms with Crippen molar-refractivity contribution in [2.45, 2.75) is 38.0 Å². The zero-order chi connectivity index (χ0) is 36.1. The van der Waals surface area contributed by atoms with Crippen molar-refractivity contribution >= 4 is 0 Å². The zero-order valence-electron chi connectivity index (χ0n) is 30.4. The molecule has 4 nitrogen and oxygen atoms in total. The Morgan fingerprint density at radius 3 is 1.74 bits per heavy atom. The molecule has 6 aromatic carbocycles. The molecule has 4 aliphatic rings. The molecule has 0 aliphatic heterocycles. The van der Waals surface area contributed by atoms with Gasteiger partial charge in [0, 0.05) is 51.9 Å². The second kappa shape index (κ2) is 11.5. The van der Waals surface area contributed by atoms with E-state index < -0.39 is 0 Å². The van der Waals surface area contributed by atoms with Crippen molar-refractivity contribution < 1.29 is 0 Å². The van der Waals surface area contributed by atoms with Gasteiger partial charge in [0.05, 0.1) is 0 Å². The topological polar surface area (TPSA) is 51.6 Å². The Balaban J connectivity index is 1.08. The molecule has 0 spiro atoms. The molecule has 2 unspecified atom stereocenters. The summed E-state index contributed by atoms with van der Waals surface area (Å²) in [5, 5.41) is 0. The average molecular weight is 693 g/mol. The summed E-state index contributed by atoms with van der Waals surface area (Å²) in [7, 11) is 0. The lowest BCUT2D eigenvalue weighted by atomic mass is 9.60. The first-order chi connectivity index (χ1) is 26.4. The van der Waals surface area contributed by atoms with E-state index in [1.807, 2.05) is 30.6 Å². The molecular formula is C50H36N4. The lowest BCUT2D eigenvalue weighted by Crippen LogP contribution is -2.27. The van der Waals surface area contributed by atoms with Gasteiger partial charge in [0.2, 0.25) is 0 Å². The second-order valence-electron chi connectivity index (χ2n) is 15.5. The van der Waals surface area contributed by atoms with E-state index in [4.69, 9.17) is 15.0 Å². The minimum atomic E-state index is -0.205. The Bertz CT molecular complexity index is 2830. The zero-order valence-corrected chi connectivity index (χ0v) is 30.4. The molecule has 4 aliphatic carbocycles. The van der Waals surface area contributed by atoms with Gasteiger partial charge in [0.15, 0.2) is 17.5 Å². The highest BCUT2D eigenvalue weighted by Gasteiger charge is 2.42. The summed E-state index contributed by atoms with van der Waals surface area (Å²) in [6.45, 7) is 6.73. The molecule has 0 N–H and O–H groups in total. The van der Waals surface area contributed by atoms with Crippen molar-refractivity contribution in [3.05, 3.63) is 202 Å². The maximum absolute atomic E-state index is 5.33. The molecule has 2 bridgehead atoms. The highest BCUT2D eigenvalue weighted by Crippen LogP contribution is 2.57. The number of fused-ring (bicyclic) bond motifs is 3. The predicted octanol–water partition coefficient (Wildman–Crippen LogP) is 11.5. The van der Waals surface area contributed by atoms with Crippen LogP contribution in [0, 0.1) is 6.92 Å². The summed E-state index contributed by atoms with van der Waals surface area (Å²) < 4.78 is 0. The van der Waals surface area contributed by atoms with E-state index in [0.29, 0.717) is 17.5 Å². The molecule has 8 aromatic rings. The van der Waals surface area contributed by atoms with Crippen molar-refractivity contribution in [3.8, 4) is 56.4 Å². The van der Waals surface area contributed by atoms with Crippen LogP contribution in [0.3, 0.4) is 0 Å². The van der Waals surface area contributed by atoms with Crippen LogP contribution in [0.15, 0.2) is 152 Å². The maximum atomic E-state index is 5.33. The Kier molecular flexibility index (Phi) is 6.60. The molecule has 2 aromatic heterocycles. The summed E-state index contributed by atoms with van der Waals surface area (Å²) in [5.41, 5.74) is 19.7. The van der Waals surface area contributed by atoms with Gasteiger partial charge in [-0.25, -0.2) is 15.0 Å². The number of rotatable bonds is 4. The first-order valence-electron chi connectivity index (χ1n) is 18.8. The van der Waals surface area contributed by atoms with E-state index in [1.54, 1.807) is 0 Å². The Labute approximate surface area is 315 Å². The Morgan fingerprint density at radius 2 is 1.00 bits per heavy atom. The smallest absolute Gasteiger partial charge is 0.164 e. The van der Waals surface area contributed by atoms with Gasteiger partial charge in [-0.1, -0.05) is 135 Å². The van der Waals surface area contributed by atoms with Crippen LogP contribution in [0.1, 0.15) is 75.8 Å². The fraction of sp³-hybridized carbons (Fsp3) is 0.120. The molecule has 2 heterocycles. The monoisotopic (exact) mass is 692 g/mol. The van der Waals surface area contributed by atoms with Crippen LogP contribution in [-0.2, 0) is 5.41 Å². The van der Waals surface area contributed by atoms with Crippen molar-refractivity contribution in [2.24, 2.45) is 0 Å². The Morgan fingerprint density at radius 1 is 0.426 bits per heavy atom. The van der Waals surface area contributed by atoms with Gasteiger partial charge in [-0.3, -0.25) is 4.98 Å². The molecule has 256 valence electrons. The standard InChI is InChI=1S/C50H36N4/c1-29-24-33(28-51-27-29)31-20-22-37-41(25-31)44-35-15-7-8-16-36(35)45(37)42-26-32(21-23-38(42)44)48-52-47(30-12-5-4-6-13-30)53-49(54-48)40-18-11-17-39-34-14-9-10-19-43(34)50(2,3)46(39)40/h4-28,44-45H,1-3H3. The molecule has 0 radical (unpaired) electrons. The lowest BCUT2D eigenvalue weighted by Gasteiger charge is -2.42. The molecule has 12 rings (SSSR count). The summed E-state index contributed by atoms with van der Waals surface area (Å²) >= 11 is 0. The molecular weight excluding hydrogens is 657 g/mol. The van der Waals surface area contributed by atoms with Gasteiger partial charge in [-0.2, -0.15) is 0 Å². The largest absolute Gasteiger partial charge is 0.264 e. The van der Waals surface area contributed by atoms with Gasteiger partial charge >= 0.3 is 0 Å². The lowest BCUT2D eigenvalue weighted by molar-refractivity contribution is 0.661. The minimum Gasteiger partial charge on any atom is -0.264 e. The summed E-state index contributed by atoms with van der Waals surface area (Å²) in [6.07, 6.45) is 3.89. The number of benzene rings is 6. The van der Waals surface area contributed by atoms with E-state index >= 15 is 0 Å². The van der Waals surface area contributed by atoms with Crippen LogP contribution < -0.4 is 0 Å². The van der Waals surface area contributed by atoms with Gasteiger partial charge in [-0.05, 0) is 91.9 Å². The van der Waals surface area contributed by atoms with Crippen LogP contribution in [0.4, 0.5) is 0 Å². The van der Waals surface area contributed by atoms with Crippen molar-refractivity contribution in [1.29, 1.82) is 0 Å². The molecule has 4 heteroatoms. The second-order valence-corrected chi connectivity index (χ2v) is 15.5. The maximum Gasteiger partial charge on any atom is 0.164 e. The van der Waals surface area contributed by atoms with Gasteiger partial charge in [0.1, 0.15) is 0 Å². The van der Waals surface area contributed by atoms with E-state index in [0.717, 1.165) is 27.8 Å². The normalized spacial score (nSPS) is 16.6. The fourth-order valence-corrected chi connectivity index (χ4v) is 9.62. The Hall–Kier alpha value is -6.52. The van der Waals surface area contributed by atoms with Crippen molar-refractivity contribution in [3.63, 3.8) is 0 Å². The highest BCUT2D eigenvalue weighted by molar-refractivity contribution is 5.87. The third-order valence-electron chi connectivity index (χ3n) is 12.0. The molecule has 0 saturated heterocycles. The SMILES string of the molecule is Cc1cncc(-c2ccc3c(c2)C2c4ccccc4C3c3cc(-c4nc(-c5ccccc5)nc(-c5cccc6c5C(C)(C)c5ccccc5-6)n4)ccc32)c1. The number of aryl methyl sites for hydroxylation is 1. The number of hydrogen-bond donors (Lipinski definition) is 0. The van der Waals surface area contributed by atoms with Gasteiger partial charge in [0.25, 0.3) is 0 Å². The molecule has 2 atom stereocenters.